The van der Waals surface area contributed by atoms with Crippen LogP contribution in [-0.2, 0) is 26.4 Å². The lowest BCUT2D eigenvalue weighted by molar-refractivity contribution is 0.364. The molecular weight excluding hydrogens is 380 g/mol. The van der Waals surface area contributed by atoms with Gasteiger partial charge in [-0.2, -0.15) is 4.98 Å². The summed E-state index contributed by atoms with van der Waals surface area (Å²) in [6.07, 6.45) is 5.22. The summed E-state index contributed by atoms with van der Waals surface area (Å²) in [5.74, 6) is 2.73. The molecule has 30 heavy (non-hydrogen) atoms. The van der Waals surface area contributed by atoms with E-state index in [0.29, 0.717) is 34.8 Å². The van der Waals surface area contributed by atoms with Gasteiger partial charge in [-0.1, -0.05) is 43.3 Å². The lowest BCUT2D eigenvalue weighted by Crippen LogP contribution is -2.22. The zero-order chi connectivity index (χ0) is 20.8. The number of hydrogen-bond donors (Lipinski definition) is 0. The van der Waals surface area contributed by atoms with E-state index in [2.05, 4.69) is 44.4 Å². The maximum absolute atomic E-state index is 12.7. The normalized spacial score (nSPS) is 21.5. The molecule has 8 heteroatoms. The Bertz CT molecular complexity index is 1240. The lowest BCUT2D eigenvalue weighted by atomic mass is 9.92. The molecule has 0 saturated heterocycles. The van der Waals surface area contributed by atoms with Gasteiger partial charge < -0.3 is 9.09 Å². The predicted molar refractivity (Wildman–Crippen MR) is 111 cm³/mol. The van der Waals surface area contributed by atoms with Crippen LogP contribution in [0, 0.1) is 11.8 Å². The first-order valence-electron chi connectivity index (χ1n) is 10.4. The highest BCUT2D eigenvalue weighted by Crippen LogP contribution is 2.58. The van der Waals surface area contributed by atoms with Crippen molar-refractivity contribution in [2.45, 2.75) is 39.2 Å². The molecule has 0 N–H and O–H groups in total. The highest BCUT2D eigenvalue weighted by molar-refractivity contribution is 5.68. The maximum atomic E-state index is 12.7. The first kappa shape index (κ1) is 18.7. The van der Waals surface area contributed by atoms with Crippen molar-refractivity contribution in [2.75, 3.05) is 0 Å². The summed E-state index contributed by atoms with van der Waals surface area (Å²) < 4.78 is 8.62. The molecule has 3 atom stereocenters. The van der Waals surface area contributed by atoms with E-state index in [1.165, 1.54) is 22.0 Å². The Hall–Kier alpha value is -3.29. The SMILES string of the molecule is CC.Cn1cnc2ncn(Cc3nc(C4[C@H]5Cc6ccccc6C[C@@H]45)no3)c(=O)c21. The molecule has 0 bridgehead atoms. The Kier molecular flexibility index (Phi) is 4.49. The third kappa shape index (κ3) is 2.94. The molecule has 1 fully saturated rings. The van der Waals surface area contributed by atoms with Crippen molar-refractivity contribution in [1.82, 2.24) is 29.2 Å². The quantitative estimate of drug-likeness (QED) is 0.521. The van der Waals surface area contributed by atoms with E-state index in [0.717, 1.165) is 18.7 Å². The summed E-state index contributed by atoms with van der Waals surface area (Å²) in [4.78, 5) is 25.6. The average Bonchev–Trinajstić information content (AvgIpc) is 3.08. The van der Waals surface area contributed by atoms with Crippen molar-refractivity contribution in [3.8, 4) is 0 Å². The number of aryl methyl sites for hydroxylation is 1. The lowest BCUT2D eigenvalue weighted by Gasteiger charge is -2.13. The van der Waals surface area contributed by atoms with Crippen LogP contribution < -0.4 is 5.56 Å². The van der Waals surface area contributed by atoms with Gasteiger partial charge in [0.05, 0.1) is 6.33 Å². The summed E-state index contributed by atoms with van der Waals surface area (Å²) in [6.45, 7) is 4.21. The second-order valence-corrected chi connectivity index (χ2v) is 7.78. The fourth-order valence-corrected chi connectivity index (χ4v) is 4.65. The van der Waals surface area contributed by atoms with Crippen molar-refractivity contribution < 1.29 is 4.52 Å². The summed E-state index contributed by atoms with van der Waals surface area (Å²) in [5.41, 5.74) is 3.62. The topological polar surface area (TPSA) is 91.6 Å². The second-order valence-electron chi connectivity index (χ2n) is 7.78. The molecule has 1 aromatic carbocycles. The predicted octanol–water partition coefficient (Wildman–Crippen LogP) is 2.72. The van der Waals surface area contributed by atoms with Gasteiger partial charge in [0.2, 0.25) is 5.89 Å². The summed E-state index contributed by atoms with van der Waals surface area (Å²) in [7, 11) is 1.78. The third-order valence-corrected chi connectivity index (χ3v) is 6.15. The molecule has 1 saturated carbocycles. The largest absolute Gasteiger partial charge is 0.337 e. The van der Waals surface area contributed by atoms with Crippen molar-refractivity contribution in [3.63, 3.8) is 0 Å². The zero-order valence-electron chi connectivity index (χ0n) is 17.3. The third-order valence-electron chi connectivity index (χ3n) is 6.15. The van der Waals surface area contributed by atoms with Crippen LogP contribution in [0.2, 0.25) is 0 Å². The molecule has 0 aliphatic heterocycles. The number of hydrogen-bond acceptors (Lipinski definition) is 6. The summed E-state index contributed by atoms with van der Waals surface area (Å²) in [5, 5.41) is 4.22. The zero-order valence-corrected chi connectivity index (χ0v) is 17.3. The van der Waals surface area contributed by atoms with Gasteiger partial charge in [-0.15, -0.1) is 0 Å². The van der Waals surface area contributed by atoms with Gasteiger partial charge in [0.15, 0.2) is 17.0 Å². The smallest absolute Gasteiger partial charge is 0.280 e. The van der Waals surface area contributed by atoms with Gasteiger partial charge in [-0.25, -0.2) is 9.97 Å². The molecule has 4 aromatic rings. The number of benzene rings is 1. The van der Waals surface area contributed by atoms with Gasteiger partial charge in [0.1, 0.15) is 12.9 Å². The molecule has 2 aliphatic rings. The van der Waals surface area contributed by atoms with Crippen molar-refractivity contribution >= 4 is 11.2 Å². The minimum Gasteiger partial charge on any atom is -0.337 e. The van der Waals surface area contributed by atoms with E-state index in [9.17, 15) is 4.79 Å². The van der Waals surface area contributed by atoms with Gasteiger partial charge >= 0.3 is 0 Å². The van der Waals surface area contributed by atoms with Crippen LogP contribution >= 0.6 is 0 Å². The van der Waals surface area contributed by atoms with Crippen LogP contribution in [0.15, 0.2) is 46.2 Å². The number of aromatic nitrogens is 6. The van der Waals surface area contributed by atoms with E-state index in [1.807, 2.05) is 13.8 Å². The molecule has 8 nitrogen and oxygen atoms in total. The van der Waals surface area contributed by atoms with Gasteiger partial charge in [-0.3, -0.25) is 9.36 Å². The Morgan fingerprint density at radius 1 is 1.07 bits per heavy atom. The van der Waals surface area contributed by atoms with E-state index in [4.69, 9.17) is 4.52 Å². The highest BCUT2D eigenvalue weighted by Gasteiger charge is 2.55. The maximum Gasteiger partial charge on any atom is 0.280 e. The molecule has 3 heterocycles. The van der Waals surface area contributed by atoms with E-state index in [1.54, 1.807) is 17.9 Å². The monoisotopic (exact) mass is 404 g/mol. The Balaban J connectivity index is 0.000000937. The number of rotatable bonds is 3. The number of imidazole rings is 1. The van der Waals surface area contributed by atoms with Crippen LogP contribution in [0.25, 0.3) is 11.2 Å². The molecule has 6 rings (SSSR count). The Morgan fingerprint density at radius 3 is 2.43 bits per heavy atom. The van der Waals surface area contributed by atoms with Crippen LogP contribution in [0.1, 0.15) is 42.6 Å². The Morgan fingerprint density at radius 2 is 1.73 bits per heavy atom. The molecule has 1 unspecified atom stereocenters. The van der Waals surface area contributed by atoms with Crippen LogP contribution in [0.4, 0.5) is 0 Å². The van der Waals surface area contributed by atoms with E-state index < -0.39 is 0 Å². The summed E-state index contributed by atoms with van der Waals surface area (Å²) >= 11 is 0. The van der Waals surface area contributed by atoms with Gasteiger partial charge in [-0.05, 0) is 35.8 Å². The minimum absolute atomic E-state index is 0.166. The minimum atomic E-state index is -0.166. The first-order valence-corrected chi connectivity index (χ1v) is 10.4. The average molecular weight is 404 g/mol. The molecular formula is C22H24N6O2. The molecule has 0 spiro atoms. The van der Waals surface area contributed by atoms with Crippen molar-refractivity contribution in [3.05, 3.63) is 70.1 Å². The second kappa shape index (κ2) is 7.19. The number of fused-ring (bicyclic) bond motifs is 3. The molecule has 2 aliphatic carbocycles. The molecule has 3 aromatic heterocycles. The molecule has 154 valence electrons. The van der Waals surface area contributed by atoms with Crippen LogP contribution in [0.3, 0.4) is 0 Å². The Labute approximate surface area is 173 Å². The van der Waals surface area contributed by atoms with Gasteiger partial charge in [0, 0.05) is 13.0 Å². The first-order chi connectivity index (χ1) is 14.7. The van der Waals surface area contributed by atoms with E-state index in [-0.39, 0.29) is 12.1 Å². The fourth-order valence-electron chi connectivity index (χ4n) is 4.65. The summed E-state index contributed by atoms with van der Waals surface area (Å²) in [6, 6.07) is 8.65. The van der Waals surface area contributed by atoms with Crippen LogP contribution in [0.5, 0.6) is 0 Å². The van der Waals surface area contributed by atoms with E-state index >= 15 is 0 Å². The highest BCUT2D eigenvalue weighted by atomic mass is 16.5. The number of nitrogens with zero attached hydrogens (tertiary/aromatic N) is 6. The van der Waals surface area contributed by atoms with Crippen molar-refractivity contribution in [2.24, 2.45) is 18.9 Å². The van der Waals surface area contributed by atoms with Gasteiger partial charge in [0.25, 0.3) is 5.56 Å². The molecule has 0 radical (unpaired) electrons. The van der Waals surface area contributed by atoms with Crippen molar-refractivity contribution in [1.29, 1.82) is 0 Å². The fraction of sp³-hybridized carbons (Fsp3) is 0.409. The molecule has 0 amide bonds. The standard InChI is InChI=1S/C20H18N6O2.C2H6/c1-25-9-21-19-17(25)20(27)26(10-22-19)8-15-23-18(24-28-15)16-13-6-11-4-2-3-5-12(11)7-14(13)16;1-2/h2-5,9-10,13-14,16H,6-8H2,1H3;1-2H3/t13-,14+,16?;. The van der Waals surface area contributed by atoms with Crippen LogP contribution in [-0.4, -0.2) is 29.2 Å².